The monoisotopic (exact) mass is 816 g/mol. The Balaban J connectivity index is 4.58. The van der Waals surface area contributed by atoms with Crippen LogP contribution in [0.3, 0.4) is 0 Å². The summed E-state index contributed by atoms with van der Waals surface area (Å²) in [6.07, 6.45) is 53.5. The lowest BCUT2D eigenvalue weighted by molar-refractivity contribution is -0.151. The van der Waals surface area contributed by atoms with Crippen LogP contribution in [0.5, 0.6) is 0 Å². The van der Waals surface area contributed by atoms with Crippen molar-refractivity contribution in [1.82, 2.24) is 5.32 Å². The van der Waals surface area contributed by atoms with Gasteiger partial charge in [0.1, 0.15) is 6.10 Å². The van der Waals surface area contributed by atoms with E-state index in [0.29, 0.717) is 19.3 Å². The number of esters is 1. The first-order chi connectivity index (χ1) is 28.5. The highest BCUT2D eigenvalue weighted by molar-refractivity contribution is 5.77. The van der Waals surface area contributed by atoms with Crippen molar-refractivity contribution in [2.24, 2.45) is 0 Å². The highest BCUT2D eigenvalue weighted by Gasteiger charge is 2.24. The molecule has 0 radical (unpaired) electrons. The van der Waals surface area contributed by atoms with Crippen molar-refractivity contribution in [3.63, 3.8) is 0 Å². The maximum atomic E-state index is 13.2. The topological polar surface area (TPSA) is 95.9 Å². The molecule has 6 nitrogen and oxygen atoms in total. The number of carbonyl (C=O) groups excluding carboxylic acids is 2. The molecule has 0 spiro atoms. The van der Waals surface area contributed by atoms with Crippen LogP contribution in [0.1, 0.15) is 258 Å². The average Bonchev–Trinajstić information content (AvgIpc) is 3.22. The lowest BCUT2D eigenvalue weighted by Gasteiger charge is -2.24. The molecule has 58 heavy (non-hydrogen) atoms. The standard InChI is InChI=1S/C52H97NO5/c1-4-7-10-13-16-19-22-25-26-27-30-33-36-39-42-45-52(57)58-48(43-40-37-34-31-28-23-20-17-14-11-8-5-2)46-51(56)53-49(47-54)50(55)44-41-38-35-32-29-24-21-18-15-12-9-6-3/h8,11,17,20,28,31,48-50,54-55H,4-7,9-10,12-16,18-19,21-27,29-30,32-47H2,1-3H3,(H,53,56)/b11-8+,20-17+,31-28+. The molecule has 0 fully saturated rings. The molecule has 0 bridgehead atoms. The summed E-state index contributed by atoms with van der Waals surface area (Å²) in [7, 11) is 0. The van der Waals surface area contributed by atoms with Crippen molar-refractivity contribution in [3.05, 3.63) is 36.5 Å². The van der Waals surface area contributed by atoms with Gasteiger partial charge in [0.2, 0.25) is 5.91 Å². The molecule has 3 unspecified atom stereocenters. The van der Waals surface area contributed by atoms with Crippen LogP contribution < -0.4 is 5.32 Å². The van der Waals surface area contributed by atoms with Crippen molar-refractivity contribution in [3.8, 4) is 0 Å². The first-order valence-electron chi connectivity index (χ1n) is 25.2. The van der Waals surface area contributed by atoms with Gasteiger partial charge in [-0.25, -0.2) is 0 Å². The molecule has 3 N–H and O–H groups in total. The zero-order valence-electron chi connectivity index (χ0n) is 38.7. The Morgan fingerprint density at radius 3 is 1.40 bits per heavy atom. The van der Waals surface area contributed by atoms with Crippen LogP contribution in [0.15, 0.2) is 36.5 Å². The van der Waals surface area contributed by atoms with Crippen LogP contribution in [0.4, 0.5) is 0 Å². The molecule has 0 aliphatic heterocycles. The lowest BCUT2D eigenvalue weighted by Crippen LogP contribution is -2.46. The van der Waals surface area contributed by atoms with Crippen LogP contribution in [0.2, 0.25) is 0 Å². The number of aliphatic hydroxyl groups is 2. The smallest absolute Gasteiger partial charge is 0.306 e. The molecule has 0 aromatic rings. The number of unbranched alkanes of at least 4 members (excludes halogenated alkanes) is 27. The Kier molecular flexibility index (Phi) is 44.6. The summed E-state index contributed by atoms with van der Waals surface area (Å²) in [6.45, 7) is 6.36. The van der Waals surface area contributed by atoms with Gasteiger partial charge in [0.25, 0.3) is 0 Å². The Labute approximate surface area is 360 Å². The van der Waals surface area contributed by atoms with E-state index >= 15 is 0 Å². The summed E-state index contributed by atoms with van der Waals surface area (Å²) < 4.78 is 5.91. The fraction of sp³-hybridized carbons (Fsp3) is 0.846. The SMILES string of the molecule is CC/C=C/C/C=C/C/C=C/CCCCC(CC(=O)NC(CO)C(O)CCCCCCCCCCCCCC)OC(=O)CCCCCCCCCCCCCCCCC. The summed E-state index contributed by atoms with van der Waals surface area (Å²) >= 11 is 0. The Morgan fingerprint density at radius 1 is 0.517 bits per heavy atom. The van der Waals surface area contributed by atoms with E-state index < -0.39 is 18.2 Å². The van der Waals surface area contributed by atoms with Gasteiger partial charge in [-0.1, -0.05) is 224 Å². The van der Waals surface area contributed by atoms with E-state index in [2.05, 4.69) is 62.5 Å². The summed E-state index contributed by atoms with van der Waals surface area (Å²) in [6, 6.07) is -0.710. The number of nitrogens with one attached hydrogen (secondary N) is 1. The summed E-state index contributed by atoms with van der Waals surface area (Å²) in [5, 5.41) is 23.7. The van der Waals surface area contributed by atoms with Crippen molar-refractivity contribution >= 4 is 11.9 Å². The first kappa shape index (κ1) is 56.1. The van der Waals surface area contributed by atoms with E-state index in [1.807, 2.05) is 0 Å². The average molecular weight is 816 g/mol. The van der Waals surface area contributed by atoms with E-state index in [-0.39, 0.29) is 24.9 Å². The minimum absolute atomic E-state index is 0.0551. The van der Waals surface area contributed by atoms with Gasteiger partial charge in [-0.15, -0.1) is 0 Å². The zero-order chi connectivity index (χ0) is 42.4. The van der Waals surface area contributed by atoms with Gasteiger partial charge in [0.05, 0.1) is 25.2 Å². The van der Waals surface area contributed by atoms with Gasteiger partial charge in [0, 0.05) is 6.42 Å². The number of amides is 1. The third-order valence-corrected chi connectivity index (χ3v) is 11.5. The quantitative estimate of drug-likeness (QED) is 0.0323. The Bertz CT molecular complexity index is 961. The number of hydrogen-bond donors (Lipinski definition) is 3. The second kappa shape index (κ2) is 46.2. The zero-order valence-corrected chi connectivity index (χ0v) is 38.7. The van der Waals surface area contributed by atoms with Crippen LogP contribution in [0, 0.1) is 0 Å². The van der Waals surface area contributed by atoms with Gasteiger partial charge in [-0.05, 0) is 57.8 Å². The summed E-state index contributed by atoms with van der Waals surface area (Å²) in [5.41, 5.74) is 0. The molecule has 0 heterocycles. The molecule has 0 saturated carbocycles. The van der Waals surface area contributed by atoms with E-state index in [9.17, 15) is 19.8 Å². The fourth-order valence-corrected chi connectivity index (χ4v) is 7.68. The fourth-order valence-electron chi connectivity index (χ4n) is 7.68. The second-order valence-electron chi connectivity index (χ2n) is 17.2. The normalized spacial score (nSPS) is 13.5. The Morgan fingerprint density at radius 2 is 0.931 bits per heavy atom. The predicted octanol–water partition coefficient (Wildman–Crippen LogP) is 14.9. The molecule has 0 saturated heterocycles. The highest BCUT2D eigenvalue weighted by Crippen LogP contribution is 2.18. The molecular formula is C52H97NO5. The van der Waals surface area contributed by atoms with Gasteiger partial charge < -0.3 is 20.3 Å². The number of allylic oxidation sites excluding steroid dienone is 6. The van der Waals surface area contributed by atoms with Crippen molar-refractivity contribution in [2.45, 2.75) is 277 Å². The minimum atomic E-state index is -0.794. The van der Waals surface area contributed by atoms with Gasteiger partial charge in [-0.2, -0.15) is 0 Å². The summed E-state index contributed by atoms with van der Waals surface area (Å²) in [5.74, 6) is -0.503. The second-order valence-corrected chi connectivity index (χ2v) is 17.2. The van der Waals surface area contributed by atoms with Gasteiger partial charge in [0.15, 0.2) is 0 Å². The highest BCUT2D eigenvalue weighted by atomic mass is 16.5. The molecular weight excluding hydrogens is 719 g/mol. The molecule has 0 rings (SSSR count). The molecule has 3 atom stereocenters. The number of hydrogen-bond acceptors (Lipinski definition) is 5. The molecule has 0 aromatic heterocycles. The minimum Gasteiger partial charge on any atom is -0.462 e. The van der Waals surface area contributed by atoms with E-state index in [1.165, 1.54) is 135 Å². The molecule has 0 aliphatic carbocycles. The maximum absolute atomic E-state index is 13.2. The van der Waals surface area contributed by atoms with E-state index in [0.717, 1.165) is 77.0 Å². The van der Waals surface area contributed by atoms with Crippen LogP contribution in [-0.2, 0) is 14.3 Å². The van der Waals surface area contributed by atoms with Crippen molar-refractivity contribution < 1.29 is 24.5 Å². The largest absolute Gasteiger partial charge is 0.462 e. The van der Waals surface area contributed by atoms with Crippen molar-refractivity contribution in [1.29, 1.82) is 0 Å². The number of ether oxygens (including phenoxy) is 1. The lowest BCUT2D eigenvalue weighted by atomic mass is 10.0. The summed E-state index contributed by atoms with van der Waals surface area (Å²) in [4.78, 5) is 26.1. The van der Waals surface area contributed by atoms with Crippen molar-refractivity contribution in [2.75, 3.05) is 6.61 Å². The predicted molar refractivity (Wildman–Crippen MR) is 250 cm³/mol. The Hall–Kier alpha value is -1.92. The molecule has 0 aliphatic rings. The molecule has 340 valence electrons. The third kappa shape index (κ3) is 40.8. The van der Waals surface area contributed by atoms with E-state index in [4.69, 9.17) is 4.74 Å². The van der Waals surface area contributed by atoms with Crippen LogP contribution >= 0.6 is 0 Å². The van der Waals surface area contributed by atoms with Crippen LogP contribution in [-0.4, -0.2) is 46.9 Å². The number of aliphatic hydroxyl groups excluding tert-OH is 2. The van der Waals surface area contributed by atoms with Gasteiger partial charge in [-0.3, -0.25) is 9.59 Å². The maximum Gasteiger partial charge on any atom is 0.306 e. The molecule has 1 amide bonds. The van der Waals surface area contributed by atoms with Gasteiger partial charge >= 0.3 is 5.97 Å². The number of carbonyl (C=O) groups is 2. The molecule has 6 heteroatoms. The molecule has 0 aromatic carbocycles. The third-order valence-electron chi connectivity index (χ3n) is 11.5. The number of rotatable bonds is 45. The van der Waals surface area contributed by atoms with Crippen LogP contribution in [0.25, 0.3) is 0 Å². The first-order valence-corrected chi connectivity index (χ1v) is 25.2. The van der Waals surface area contributed by atoms with E-state index in [1.54, 1.807) is 0 Å².